The normalized spacial score (nSPS) is 12.2. The van der Waals surface area contributed by atoms with Gasteiger partial charge >= 0.3 is 5.97 Å². The van der Waals surface area contributed by atoms with E-state index in [1.807, 2.05) is 0 Å². The average molecular weight is 358 g/mol. The lowest BCUT2D eigenvalue weighted by Gasteiger charge is -2.13. The van der Waals surface area contributed by atoms with Crippen molar-refractivity contribution < 1.29 is 28.6 Å². The van der Waals surface area contributed by atoms with Gasteiger partial charge in [-0.2, -0.15) is 0 Å². The molecule has 0 unspecified atom stereocenters. The van der Waals surface area contributed by atoms with Crippen molar-refractivity contribution in [3.63, 3.8) is 0 Å². The zero-order valence-corrected chi connectivity index (χ0v) is 14.2. The summed E-state index contributed by atoms with van der Waals surface area (Å²) >= 11 is 0. The molecule has 2 amide bonds. The quantitative estimate of drug-likeness (QED) is 0.648. The number of hydrogen-bond donors (Lipinski definition) is 3. The third-order valence-corrected chi connectivity index (χ3v) is 3.38. The predicted octanol–water partition coefficient (Wildman–Crippen LogP) is 1.65. The lowest BCUT2D eigenvalue weighted by Crippen LogP contribution is -2.42. The summed E-state index contributed by atoms with van der Waals surface area (Å²) in [6.07, 6.45) is 2.75. The van der Waals surface area contributed by atoms with Crippen LogP contribution in [0.15, 0.2) is 52.8 Å². The van der Waals surface area contributed by atoms with Crippen LogP contribution in [0.4, 0.5) is 0 Å². The van der Waals surface area contributed by atoms with Crippen LogP contribution in [0.3, 0.4) is 0 Å². The number of ether oxygens (including phenoxy) is 1. The first kappa shape index (κ1) is 18.8. The molecule has 136 valence electrons. The molecule has 3 N–H and O–H groups in total. The van der Waals surface area contributed by atoms with E-state index in [0.29, 0.717) is 11.3 Å². The number of carbonyl (C=O) groups is 3. The van der Waals surface area contributed by atoms with Crippen LogP contribution in [0.25, 0.3) is 6.08 Å². The number of methoxy groups -OCH3 is 1. The number of amides is 2. The molecular weight excluding hydrogens is 340 g/mol. The highest BCUT2D eigenvalue weighted by molar-refractivity contribution is 6.05. The molecular formula is C18H18N2O6. The van der Waals surface area contributed by atoms with Gasteiger partial charge in [0, 0.05) is 0 Å². The third-order valence-electron chi connectivity index (χ3n) is 3.38. The number of furan rings is 1. The van der Waals surface area contributed by atoms with E-state index < -0.39 is 23.8 Å². The molecule has 0 fully saturated rings. The second-order valence-electron chi connectivity index (χ2n) is 5.30. The minimum atomic E-state index is -1.19. The van der Waals surface area contributed by atoms with Gasteiger partial charge in [0.15, 0.2) is 5.76 Å². The van der Waals surface area contributed by atoms with E-state index in [9.17, 15) is 14.4 Å². The van der Waals surface area contributed by atoms with Crippen molar-refractivity contribution in [2.75, 3.05) is 7.11 Å². The topological polar surface area (TPSA) is 118 Å². The first-order valence-corrected chi connectivity index (χ1v) is 7.65. The van der Waals surface area contributed by atoms with Crippen molar-refractivity contribution in [1.82, 2.24) is 10.6 Å². The van der Waals surface area contributed by atoms with Gasteiger partial charge in [0.2, 0.25) is 0 Å². The van der Waals surface area contributed by atoms with Gasteiger partial charge in [0.25, 0.3) is 11.8 Å². The Balaban J connectivity index is 2.27. The fraction of sp³-hybridized carbons (Fsp3) is 0.167. The summed E-state index contributed by atoms with van der Waals surface area (Å²) in [6, 6.07) is 8.61. The Hall–Kier alpha value is -3.55. The van der Waals surface area contributed by atoms with Gasteiger partial charge in [-0.3, -0.25) is 14.4 Å². The Morgan fingerprint density at radius 2 is 1.88 bits per heavy atom. The molecule has 2 rings (SSSR count). The maximum Gasteiger partial charge on any atom is 0.325 e. The number of carbonyl (C=O) groups excluding carboxylic acids is 2. The van der Waals surface area contributed by atoms with Crippen LogP contribution in [-0.4, -0.2) is 36.0 Å². The summed E-state index contributed by atoms with van der Waals surface area (Å²) in [7, 11) is 1.53. The number of carboxylic acid groups (broad SMARTS) is 1. The largest absolute Gasteiger partial charge is 0.497 e. The summed E-state index contributed by atoms with van der Waals surface area (Å²) in [6.45, 7) is 1.32. The molecule has 0 saturated carbocycles. The predicted molar refractivity (Wildman–Crippen MR) is 92.4 cm³/mol. The monoisotopic (exact) mass is 358 g/mol. The first-order chi connectivity index (χ1) is 12.4. The Morgan fingerprint density at radius 1 is 1.19 bits per heavy atom. The average Bonchev–Trinajstić information content (AvgIpc) is 3.16. The van der Waals surface area contributed by atoms with Gasteiger partial charge in [-0.15, -0.1) is 0 Å². The number of carboxylic acids is 1. The van der Waals surface area contributed by atoms with Crippen molar-refractivity contribution in [2.45, 2.75) is 13.0 Å². The molecule has 8 nitrogen and oxygen atoms in total. The highest BCUT2D eigenvalue weighted by atomic mass is 16.5. The fourth-order valence-corrected chi connectivity index (χ4v) is 1.95. The van der Waals surface area contributed by atoms with Crippen LogP contribution in [0.5, 0.6) is 5.75 Å². The van der Waals surface area contributed by atoms with E-state index in [-0.39, 0.29) is 11.5 Å². The number of rotatable bonds is 7. The Labute approximate surface area is 149 Å². The smallest absolute Gasteiger partial charge is 0.325 e. The molecule has 1 aromatic carbocycles. The van der Waals surface area contributed by atoms with Gasteiger partial charge in [0.1, 0.15) is 17.5 Å². The highest BCUT2D eigenvalue weighted by Crippen LogP contribution is 2.14. The number of hydrogen-bond acceptors (Lipinski definition) is 5. The second kappa shape index (κ2) is 8.52. The van der Waals surface area contributed by atoms with Crippen LogP contribution < -0.4 is 15.4 Å². The molecule has 1 atom stereocenters. The van der Waals surface area contributed by atoms with E-state index in [0.717, 1.165) is 0 Å². The Kier molecular flexibility index (Phi) is 6.15. The lowest BCUT2D eigenvalue weighted by molar-refractivity contribution is -0.140. The van der Waals surface area contributed by atoms with Crippen molar-refractivity contribution in [2.24, 2.45) is 0 Å². The summed E-state index contributed by atoms with van der Waals surface area (Å²) in [5.74, 6) is -1.92. The standard InChI is InChI=1S/C18H18N2O6/c1-11(18(23)24)19-16(21)14(20-17(22)15-4-3-9-26-15)10-12-5-7-13(25-2)8-6-12/h3-11H,1-2H3,(H,19,21)(H,20,22)(H,23,24)/b14-10-/t11-/m0/s1. The molecule has 2 aromatic rings. The third kappa shape index (κ3) is 4.97. The van der Waals surface area contributed by atoms with Crippen LogP contribution in [0.2, 0.25) is 0 Å². The number of aliphatic carboxylic acids is 1. The van der Waals surface area contributed by atoms with Crippen molar-refractivity contribution in [1.29, 1.82) is 0 Å². The fourth-order valence-electron chi connectivity index (χ4n) is 1.95. The van der Waals surface area contributed by atoms with Gasteiger partial charge in [-0.25, -0.2) is 0 Å². The minimum Gasteiger partial charge on any atom is -0.497 e. The second-order valence-corrected chi connectivity index (χ2v) is 5.30. The lowest BCUT2D eigenvalue weighted by atomic mass is 10.1. The molecule has 0 saturated heterocycles. The number of benzene rings is 1. The van der Waals surface area contributed by atoms with Crippen LogP contribution in [0.1, 0.15) is 23.0 Å². The van der Waals surface area contributed by atoms with Crippen molar-refractivity contribution >= 4 is 23.9 Å². The summed E-state index contributed by atoms with van der Waals surface area (Å²) in [5, 5.41) is 13.7. The SMILES string of the molecule is COc1ccc(/C=C(\NC(=O)c2ccco2)C(=O)N[C@@H](C)C(=O)O)cc1. The zero-order valence-electron chi connectivity index (χ0n) is 14.2. The van der Waals surface area contributed by atoms with E-state index in [1.165, 1.54) is 38.5 Å². The Morgan fingerprint density at radius 3 is 2.42 bits per heavy atom. The van der Waals surface area contributed by atoms with Crippen LogP contribution in [-0.2, 0) is 9.59 Å². The molecule has 8 heteroatoms. The van der Waals surface area contributed by atoms with E-state index >= 15 is 0 Å². The summed E-state index contributed by atoms with van der Waals surface area (Å²) in [4.78, 5) is 35.5. The maximum atomic E-state index is 12.4. The molecule has 1 heterocycles. The number of nitrogens with one attached hydrogen (secondary N) is 2. The molecule has 26 heavy (non-hydrogen) atoms. The highest BCUT2D eigenvalue weighted by Gasteiger charge is 2.20. The maximum absolute atomic E-state index is 12.4. The Bertz CT molecular complexity index is 809. The van der Waals surface area contributed by atoms with Gasteiger partial charge in [-0.1, -0.05) is 12.1 Å². The van der Waals surface area contributed by atoms with Crippen LogP contribution in [0, 0.1) is 0 Å². The van der Waals surface area contributed by atoms with E-state index in [2.05, 4.69) is 10.6 Å². The van der Waals surface area contributed by atoms with Crippen LogP contribution >= 0.6 is 0 Å². The van der Waals surface area contributed by atoms with E-state index in [1.54, 1.807) is 24.3 Å². The van der Waals surface area contributed by atoms with Gasteiger partial charge in [-0.05, 0) is 42.8 Å². The molecule has 0 radical (unpaired) electrons. The zero-order chi connectivity index (χ0) is 19.1. The van der Waals surface area contributed by atoms with E-state index in [4.69, 9.17) is 14.3 Å². The van der Waals surface area contributed by atoms with Crippen molar-refractivity contribution in [3.8, 4) is 5.75 Å². The molecule has 0 spiro atoms. The summed E-state index contributed by atoms with van der Waals surface area (Å²) < 4.78 is 10.1. The minimum absolute atomic E-state index is 0.0183. The molecule has 0 aliphatic rings. The summed E-state index contributed by atoms with van der Waals surface area (Å²) in [5.41, 5.74) is 0.489. The molecule has 0 bridgehead atoms. The molecule has 0 aliphatic carbocycles. The first-order valence-electron chi connectivity index (χ1n) is 7.65. The van der Waals surface area contributed by atoms with Gasteiger partial charge in [0.05, 0.1) is 13.4 Å². The van der Waals surface area contributed by atoms with Gasteiger partial charge < -0.3 is 24.9 Å². The molecule has 0 aliphatic heterocycles. The molecule has 1 aromatic heterocycles. The van der Waals surface area contributed by atoms with Crippen molar-refractivity contribution in [3.05, 3.63) is 59.7 Å².